The second kappa shape index (κ2) is 4.37. The van der Waals surface area contributed by atoms with Crippen molar-refractivity contribution in [3.8, 4) is 11.1 Å². The molecule has 0 saturated carbocycles. The molecule has 0 unspecified atom stereocenters. The molecule has 0 radical (unpaired) electrons. The van der Waals surface area contributed by atoms with Crippen molar-refractivity contribution in [3.63, 3.8) is 0 Å². The van der Waals surface area contributed by atoms with Crippen molar-refractivity contribution in [1.29, 1.82) is 0 Å². The van der Waals surface area contributed by atoms with Gasteiger partial charge < -0.3 is 5.11 Å². The summed E-state index contributed by atoms with van der Waals surface area (Å²) in [7, 11) is 0. The summed E-state index contributed by atoms with van der Waals surface area (Å²) in [6.07, 6.45) is 0. The average molecular weight is 230 g/mol. The van der Waals surface area contributed by atoms with Crippen LogP contribution in [-0.2, 0) is 0 Å². The van der Waals surface area contributed by atoms with Crippen LogP contribution in [0.25, 0.3) is 11.1 Å². The third-order valence-electron chi connectivity index (χ3n) is 2.65. The number of carbonyl (C=O) groups is 1. The predicted molar refractivity (Wildman–Crippen MR) is 63.5 cm³/mol. The Balaban J connectivity index is 2.75. The molecule has 0 bridgehead atoms. The van der Waals surface area contributed by atoms with Crippen LogP contribution in [0.3, 0.4) is 0 Å². The number of carboxylic acid groups (broad SMARTS) is 1. The molecular weight excluding hydrogens is 219 g/mol. The SMILES string of the molecule is Cc1cccc(C(=O)O)c1-c1ccccc1F. The molecule has 0 aromatic heterocycles. The third kappa shape index (κ3) is 2.04. The van der Waals surface area contributed by atoms with Crippen molar-refractivity contribution >= 4 is 5.97 Å². The number of aryl methyl sites for hydroxylation is 1. The summed E-state index contributed by atoms with van der Waals surface area (Å²) in [5.74, 6) is -1.46. The summed E-state index contributed by atoms with van der Waals surface area (Å²) in [6, 6.07) is 11.1. The van der Waals surface area contributed by atoms with Gasteiger partial charge in [-0.2, -0.15) is 0 Å². The van der Waals surface area contributed by atoms with Gasteiger partial charge in [-0.15, -0.1) is 0 Å². The van der Waals surface area contributed by atoms with Crippen molar-refractivity contribution in [1.82, 2.24) is 0 Å². The van der Waals surface area contributed by atoms with Gasteiger partial charge in [0.05, 0.1) is 5.56 Å². The standard InChI is InChI=1S/C14H11FO2/c1-9-5-4-7-11(14(16)17)13(9)10-6-2-3-8-12(10)15/h2-8H,1H3,(H,16,17). The predicted octanol–water partition coefficient (Wildman–Crippen LogP) is 3.50. The monoisotopic (exact) mass is 230 g/mol. The van der Waals surface area contributed by atoms with Gasteiger partial charge in [0, 0.05) is 11.1 Å². The van der Waals surface area contributed by atoms with E-state index in [9.17, 15) is 9.18 Å². The summed E-state index contributed by atoms with van der Waals surface area (Å²) in [6.45, 7) is 1.77. The highest BCUT2D eigenvalue weighted by Crippen LogP contribution is 2.29. The van der Waals surface area contributed by atoms with Crippen LogP contribution in [0, 0.1) is 12.7 Å². The van der Waals surface area contributed by atoms with Gasteiger partial charge in [0.1, 0.15) is 5.82 Å². The van der Waals surface area contributed by atoms with E-state index in [0.717, 1.165) is 5.56 Å². The lowest BCUT2D eigenvalue weighted by Gasteiger charge is -2.10. The highest BCUT2D eigenvalue weighted by Gasteiger charge is 2.15. The quantitative estimate of drug-likeness (QED) is 0.857. The fourth-order valence-electron chi connectivity index (χ4n) is 1.87. The topological polar surface area (TPSA) is 37.3 Å². The fraction of sp³-hybridized carbons (Fsp3) is 0.0714. The summed E-state index contributed by atoms with van der Waals surface area (Å²) in [5, 5.41) is 9.12. The maximum atomic E-state index is 13.7. The van der Waals surface area contributed by atoms with Crippen LogP contribution in [0.15, 0.2) is 42.5 Å². The minimum atomic E-state index is -1.05. The van der Waals surface area contributed by atoms with Gasteiger partial charge in [-0.05, 0) is 24.6 Å². The van der Waals surface area contributed by atoms with Crippen LogP contribution in [0.2, 0.25) is 0 Å². The van der Waals surface area contributed by atoms with Crippen LogP contribution in [-0.4, -0.2) is 11.1 Å². The van der Waals surface area contributed by atoms with Gasteiger partial charge in [-0.25, -0.2) is 9.18 Å². The largest absolute Gasteiger partial charge is 0.478 e. The summed E-state index contributed by atoms with van der Waals surface area (Å²) in [5.41, 5.74) is 1.63. The summed E-state index contributed by atoms with van der Waals surface area (Å²) in [4.78, 5) is 11.1. The first-order chi connectivity index (χ1) is 8.11. The van der Waals surface area contributed by atoms with E-state index in [1.807, 2.05) is 0 Å². The van der Waals surface area contributed by atoms with Crippen LogP contribution in [0.1, 0.15) is 15.9 Å². The molecule has 17 heavy (non-hydrogen) atoms. The van der Waals surface area contributed by atoms with Crippen LogP contribution in [0.4, 0.5) is 4.39 Å². The lowest BCUT2D eigenvalue weighted by Crippen LogP contribution is -2.02. The first-order valence-corrected chi connectivity index (χ1v) is 5.19. The molecule has 0 aliphatic rings. The Labute approximate surface area is 98.3 Å². The molecular formula is C14H11FO2. The Kier molecular flexibility index (Phi) is 2.91. The fourth-order valence-corrected chi connectivity index (χ4v) is 1.87. The zero-order chi connectivity index (χ0) is 12.4. The summed E-state index contributed by atoms with van der Waals surface area (Å²) >= 11 is 0. The Bertz CT molecular complexity index is 576. The molecule has 2 rings (SSSR count). The third-order valence-corrected chi connectivity index (χ3v) is 2.65. The van der Waals surface area contributed by atoms with E-state index >= 15 is 0 Å². The molecule has 0 heterocycles. The lowest BCUT2D eigenvalue weighted by atomic mass is 9.95. The molecule has 0 amide bonds. The van der Waals surface area contributed by atoms with E-state index < -0.39 is 11.8 Å². The zero-order valence-electron chi connectivity index (χ0n) is 9.27. The lowest BCUT2D eigenvalue weighted by molar-refractivity contribution is 0.0697. The number of rotatable bonds is 2. The van der Waals surface area contributed by atoms with E-state index in [1.165, 1.54) is 12.1 Å². The minimum Gasteiger partial charge on any atom is -0.478 e. The number of benzene rings is 2. The van der Waals surface area contributed by atoms with Crippen molar-refractivity contribution in [2.24, 2.45) is 0 Å². The molecule has 0 aliphatic heterocycles. The van der Waals surface area contributed by atoms with E-state index in [4.69, 9.17) is 5.11 Å². The molecule has 0 spiro atoms. The number of hydrogen-bond donors (Lipinski definition) is 1. The van der Waals surface area contributed by atoms with E-state index in [2.05, 4.69) is 0 Å². The zero-order valence-corrected chi connectivity index (χ0v) is 9.27. The number of aromatic carboxylic acids is 1. The normalized spacial score (nSPS) is 10.2. The maximum absolute atomic E-state index is 13.7. The molecule has 2 nitrogen and oxygen atoms in total. The molecule has 2 aromatic carbocycles. The Morgan fingerprint density at radius 1 is 1.12 bits per heavy atom. The Morgan fingerprint density at radius 3 is 2.47 bits per heavy atom. The van der Waals surface area contributed by atoms with E-state index in [-0.39, 0.29) is 5.56 Å². The number of halogens is 1. The van der Waals surface area contributed by atoms with Gasteiger partial charge in [-0.3, -0.25) is 0 Å². The van der Waals surface area contributed by atoms with Crippen molar-refractivity contribution in [2.45, 2.75) is 6.92 Å². The average Bonchev–Trinajstić information content (AvgIpc) is 2.30. The van der Waals surface area contributed by atoms with Gasteiger partial charge in [0.15, 0.2) is 0 Å². The molecule has 0 aliphatic carbocycles. The molecule has 3 heteroatoms. The first kappa shape index (κ1) is 11.3. The van der Waals surface area contributed by atoms with Crippen LogP contribution >= 0.6 is 0 Å². The van der Waals surface area contributed by atoms with Crippen molar-refractivity contribution in [3.05, 3.63) is 59.4 Å². The first-order valence-electron chi connectivity index (χ1n) is 5.19. The van der Waals surface area contributed by atoms with E-state index in [0.29, 0.717) is 11.1 Å². The Hall–Kier alpha value is -2.16. The van der Waals surface area contributed by atoms with Gasteiger partial charge >= 0.3 is 5.97 Å². The molecule has 0 saturated heterocycles. The van der Waals surface area contributed by atoms with E-state index in [1.54, 1.807) is 37.3 Å². The summed E-state index contributed by atoms with van der Waals surface area (Å²) < 4.78 is 13.7. The molecule has 86 valence electrons. The second-order valence-electron chi connectivity index (χ2n) is 3.78. The van der Waals surface area contributed by atoms with Crippen LogP contribution in [0.5, 0.6) is 0 Å². The van der Waals surface area contributed by atoms with Crippen LogP contribution < -0.4 is 0 Å². The molecule has 1 N–H and O–H groups in total. The maximum Gasteiger partial charge on any atom is 0.336 e. The molecule has 0 atom stereocenters. The minimum absolute atomic E-state index is 0.120. The van der Waals surface area contributed by atoms with Crippen molar-refractivity contribution in [2.75, 3.05) is 0 Å². The highest BCUT2D eigenvalue weighted by atomic mass is 19.1. The van der Waals surface area contributed by atoms with Gasteiger partial charge in [0.25, 0.3) is 0 Å². The second-order valence-corrected chi connectivity index (χ2v) is 3.78. The number of hydrogen-bond acceptors (Lipinski definition) is 1. The number of carboxylic acids is 1. The van der Waals surface area contributed by atoms with Gasteiger partial charge in [-0.1, -0.05) is 30.3 Å². The molecule has 0 fully saturated rings. The van der Waals surface area contributed by atoms with Crippen molar-refractivity contribution < 1.29 is 14.3 Å². The Morgan fingerprint density at radius 2 is 1.82 bits per heavy atom. The smallest absolute Gasteiger partial charge is 0.336 e. The highest BCUT2D eigenvalue weighted by molar-refractivity contribution is 5.97. The molecule has 2 aromatic rings. The van der Waals surface area contributed by atoms with Gasteiger partial charge in [0.2, 0.25) is 0 Å².